The maximum atomic E-state index is 13.5. The Kier molecular flexibility index (Phi) is 10.6. The lowest BCUT2D eigenvalue weighted by Gasteiger charge is -2.32. The van der Waals surface area contributed by atoms with Crippen molar-refractivity contribution in [3.8, 4) is 11.4 Å². The molecule has 1 aliphatic rings. The van der Waals surface area contributed by atoms with Crippen molar-refractivity contribution in [1.29, 1.82) is 0 Å². The van der Waals surface area contributed by atoms with Crippen LogP contribution in [0.25, 0.3) is 11.4 Å². The predicted molar refractivity (Wildman–Crippen MR) is 143 cm³/mol. The number of carbonyl (C=O) groups is 2. The molecule has 3 rings (SSSR count). The number of nitrogens with zero attached hydrogens (tertiary/aromatic N) is 3. The molecule has 0 aliphatic carbocycles. The summed E-state index contributed by atoms with van der Waals surface area (Å²) >= 11 is 0. The first-order valence-corrected chi connectivity index (χ1v) is 14.4. The van der Waals surface area contributed by atoms with E-state index >= 15 is 0 Å². The van der Waals surface area contributed by atoms with E-state index in [1.54, 1.807) is 24.8 Å². The van der Waals surface area contributed by atoms with Crippen LogP contribution in [0.2, 0.25) is 0 Å². The number of rotatable bonds is 12. The standard InChI is InChI=1S/C25H37N6O5P/c1-5-35-37(34,36-6-2)17-21(25(33)31-14-12-26-13-15-31)29-24(32)20-16-22(27-18(3)4)30-23(28-20)19-10-8-7-9-11-19/h7-11,16,18,21,26H,5-6,12-15,17H2,1-4H3,(H,29,32)(H,27,28,30). The minimum Gasteiger partial charge on any atom is -0.368 e. The first kappa shape index (κ1) is 28.7. The van der Waals surface area contributed by atoms with E-state index in [1.807, 2.05) is 44.2 Å². The Bertz CT molecular complexity index is 1080. The van der Waals surface area contributed by atoms with Crippen LogP contribution in [0, 0.1) is 0 Å². The second kappa shape index (κ2) is 13.6. The first-order chi connectivity index (χ1) is 17.7. The zero-order valence-corrected chi connectivity index (χ0v) is 22.8. The molecule has 1 aromatic heterocycles. The van der Waals surface area contributed by atoms with E-state index in [0.29, 0.717) is 37.8 Å². The van der Waals surface area contributed by atoms with E-state index < -0.39 is 19.5 Å². The van der Waals surface area contributed by atoms with E-state index in [2.05, 4.69) is 25.9 Å². The third kappa shape index (κ3) is 8.33. The molecule has 1 saturated heterocycles. The fourth-order valence-corrected chi connectivity index (χ4v) is 5.70. The predicted octanol–water partition coefficient (Wildman–Crippen LogP) is 2.76. The summed E-state index contributed by atoms with van der Waals surface area (Å²) in [5.74, 6) is -0.0734. The Morgan fingerprint density at radius 1 is 1.08 bits per heavy atom. The lowest BCUT2D eigenvalue weighted by Crippen LogP contribution is -2.55. The van der Waals surface area contributed by atoms with Crippen LogP contribution in [0.15, 0.2) is 36.4 Å². The topological polar surface area (TPSA) is 135 Å². The number of carbonyl (C=O) groups excluding carboxylic acids is 2. The molecule has 202 valence electrons. The van der Waals surface area contributed by atoms with Crippen LogP contribution in [0.3, 0.4) is 0 Å². The summed E-state index contributed by atoms with van der Waals surface area (Å²) in [5.41, 5.74) is 0.826. The molecule has 1 aliphatic heterocycles. The van der Waals surface area contributed by atoms with Crippen molar-refractivity contribution in [3.63, 3.8) is 0 Å². The molecule has 0 radical (unpaired) electrons. The summed E-state index contributed by atoms with van der Waals surface area (Å²) in [6.45, 7) is 9.86. The van der Waals surface area contributed by atoms with E-state index in [4.69, 9.17) is 9.05 Å². The van der Waals surface area contributed by atoms with Gasteiger partial charge in [0.1, 0.15) is 17.6 Å². The fourth-order valence-electron chi connectivity index (χ4n) is 3.93. The Morgan fingerprint density at radius 3 is 2.32 bits per heavy atom. The molecular weight excluding hydrogens is 495 g/mol. The molecule has 0 spiro atoms. The molecule has 1 unspecified atom stereocenters. The molecule has 12 heteroatoms. The van der Waals surface area contributed by atoms with Gasteiger partial charge in [-0.1, -0.05) is 30.3 Å². The number of hydrogen-bond acceptors (Lipinski definition) is 9. The normalized spacial score (nSPS) is 14.9. The highest BCUT2D eigenvalue weighted by atomic mass is 31.2. The van der Waals surface area contributed by atoms with Crippen LogP contribution >= 0.6 is 7.60 Å². The highest BCUT2D eigenvalue weighted by Gasteiger charge is 2.36. The van der Waals surface area contributed by atoms with Gasteiger partial charge < -0.3 is 29.9 Å². The Balaban J connectivity index is 1.93. The third-order valence-corrected chi connectivity index (χ3v) is 7.63. The first-order valence-electron chi connectivity index (χ1n) is 12.6. The second-order valence-electron chi connectivity index (χ2n) is 8.86. The van der Waals surface area contributed by atoms with Crippen molar-refractivity contribution in [2.24, 2.45) is 0 Å². The van der Waals surface area contributed by atoms with Gasteiger partial charge in [-0.25, -0.2) is 9.97 Å². The molecule has 2 amide bonds. The van der Waals surface area contributed by atoms with Gasteiger partial charge in [0.25, 0.3) is 5.91 Å². The maximum Gasteiger partial charge on any atom is 0.333 e. The third-order valence-electron chi connectivity index (χ3n) is 5.52. The van der Waals surface area contributed by atoms with Gasteiger partial charge in [0, 0.05) is 43.9 Å². The van der Waals surface area contributed by atoms with Gasteiger partial charge in [0.2, 0.25) is 5.91 Å². The molecule has 0 bridgehead atoms. The summed E-state index contributed by atoms with van der Waals surface area (Å²) in [7, 11) is -3.64. The minimum absolute atomic E-state index is 0.0692. The van der Waals surface area contributed by atoms with E-state index in [-0.39, 0.29) is 37.0 Å². The average molecular weight is 533 g/mol. The van der Waals surface area contributed by atoms with Crippen LogP contribution in [0.5, 0.6) is 0 Å². The summed E-state index contributed by atoms with van der Waals surface area (Å²) in [6, 6.07) is 9.81. The number of piperazine rings is 1. The van der Waals surface area contributed by atoms with Crippen molar-refractivity contribution in [3.05, 3.63) is 42.1 Å². The molecule has 11 nitrogen and oxygen atoms in total. The monoisotopic (exact) mass is 532 g/mol. The molecule has 3 N–H and O–H groups in total. The summed E-state index contributed by atoms with van der Waals surface area (Å²) in [4.78, 5) is 37.6. The quantitative estimate of drug-likeness (QED) is 0.353. The van der Waals surface area contributed by atoms with Crippen LogP contribution in [0.1, 0.15) is 38.2 Å². The highest BCUT2D eigenvalue weighted by Crippen LogP contribution is 2.48. The van der Waals surface area contributed by atoms with Crippen molar-refractivity contribution < 1.29 is 23.2 Å². The van der Waals surface area contributed by atoms with E-state index in [0.717, 1.165) is 5.56 Å². The fraction of sp³-hybridized carbons (Fsp3) is 0.520. The molecule has 0 saturated carbocycles. The lowest BCUT2D eigenvalue weighted by molar-refractivity contribution is -0.133. The molecule has 2 aromatic rings. The van der Waals surface area contributed by atoms with Crippen molar-refractivity contribution in [2.45, 2.75) is 39.8 Å². The molecule has 37 heavy (non-hydrogen) atoms. The molecule has 1 atom stereocenters. The number of amides is 2. The van der Waals surface area contributed by atoms with Gasteiger partial charge in [-0.3, -0.25) is 14.2 Å². The van der Waals surface area contributed by atoms with Gasteiger partial charge in [0.15, 0.2) is 5.82 Å². The Labute approximate surface area is 218 Å². The Hall–Kier alpha value is -2.85. The van der Waals surface area contributed by atoms with Gasteiger partial charge in [0.05, 0.1) is 19.4 Å². The lowest BCUT2D eigenvalue weighted by atomic mass is 10.2. The molecule has 1 fully saturated rings. The number of nitrogens with one attached hydrogen (secondary N) is 3. The average Bonchev–Trinajstić information content (AvgIpc) is 2.88. The van der Waals surface area contributed by atoms with Crippen molar-refractivity contribution >= 4 is 25.2 Å². The van der Waals surface area contributed by atoms with Crippen LogP contribution in [0.4, 0.5) is 5.82 Å². The number of hydrogen-bond donors (Lipinski definition) is 3. The van der Waals surface area contributed by atoms with Crippen LogP contribution in [-0.4, -0.2) is 84.3 Å². The number of benzene rings is 1. The summed E-state index contributed by atoms with van der Waals surface area (Å²) < 4.78 is 24.2. The Morgan fingerprint density at radius 2 is 1.73 bits per heavy atom. The summed E-state index contributed by atoms with van der Waals surface area (Å²) in [5, 5.41) is 9.17. The zero-order chi connectivity index (χ0) is 26.8. The number of aromatic nitrogens is 2. The van der Waals surface area contributed by atoms with Gasteiger partial charge in [-0.05, 0) is 27.7 Å². The zero-order valence-electron chi connectivity index (χ0n) is 21.9. The molecule has 2 heterocycles. The van der Waals surface area contributed by atoms with Gasteiger partial charge in [-0.2, -0.15) is 0 Å². The molecular formula is C25H37N6O5P. The second-order valence-corrected chi connectivity index (χ2v) is 11.0. The summed E-state index contributed by atoms with van der Waals surface area (Å²) in [6.07, 6.45) is -0.281. The van der Waals surface area contributed by atoms with Crippen LogP contribution < -0.4 is 16.0 Å². The van der Waals surface area contributed by atoms with E-state index in [9.17, 15) is 14.2 Å². The van der Waals surface area contributed by atoms with Gasteiger partial charge >= 0.3 is 7.60 Å². The van der Waals surface area contributed by atoms with E-state index in [1.165, 1.54) is 0 Å². The minimum atomic E-state index is -3.64. The van der Waals surface area contributed by atoms with Crippen molar-refractivity contribution in [2.75, 3.05) is 50.9 Å². The number of anilines is 1. The smallest absolute Gasteiger partial charge is 0.333 e. The largest absolute Gasteiger partial charge is 0.368 e. The van der Waals surface area contributed by atoms with Crippen molar-refractivity contribution in [1.82, 2.24) is 25.5 Å². The van der Waals surface area contributed by atoms with Crippen LogP contribution in [-0.2, 0) is 18.4 Å². The van der Waals surface area contributed by atoms with Gasteiger partial charge in [-0.15, -0.1) is 0 Å². The maximum absolute atomic E-state index is 13.5. The highest BCUT2D eigenvalue weighted by molar-refractivity contribution is 7.54. The molecule has 1 aromatic carbocycles. The SMILES string of the molecule is CCOP(=O)(CC(NC(=O)c1cc(NC(C)C)nc(-c2ccccc2)n1)C(=O)N1CCNCC1)OCC.